The van der Waals surface area contributed by atoms with Gasteiger partial charge in [0.05, 0.1) is 11.4 Å². The number of nitrogens with zero attached hydrogens (tertiary/aromatic N) is 3. The van der Waals surface area contributed by atoms with E-state index in [9.17, 15) is 4.39 Å². The molecule has 0 spiro atoms. The molecule has 0 unspecified atom stereocenters. The molecule has 0 saturated carbocycles. The molecule has 138 valence electrons. The topological polar surface area (TPSA) is 41.1 Å². The quantitative estimate of drug-likeness (QED) is 0.727. The van der Waals surface area contributed by atoms with E-state index in [1.807, 2.05) is 6.20 Å². The number of aryl methyl sites for hydroxylation is 1. The van der Waals surface area contributed by atoms with Crippen LogP contribution in [-0.4, -0.2) is 21.4 Å². The zero-order chi connectivity index (χ0) is 18.6. The first-order chi connectivity index (χ1) is 13.2. The van der Waals surface area contributed by atoms with Crippen molar-refractivity contribution < 1.29 is 4.39 Å². The summed E-state index contributed by atoms with van der Waals surface area (Å²) in [5, 5.41) is 2.97. The van der Waals surface area contributed by atoms with Crippen LogP contribution in [-0.2, 0) is 25.9 Å². The lowest BCUT2D eigenvalue weighted by Gasteiger charge is -2.28. The summed E-state index contributed by atoms with van der Waals surface area (Å²) in [6, 6.07) is 15.4. The highest BCUT2D eigenvalue weighted by atomic mass is 19.1. The summed E-state index contributed by atoms with van der Waals surface area (Å²) in [7, 11) is 0. The molecule has 0 radical (unpaired) electrons. The van der Waals surface area contributed by atoms with E-state index < -0.39 is 0 Å². The van der Waals surface area contributed by atoms with Crippen molar-refractivity contribution in [1.29, 1.82) is 0 Å². The highest BCUT2D eigenvalue weighted by Gasteiger charge is 2.19. The minimum Gasteiger partial charge on any atom is -0.322 e. The van der Waals surface area contributed by atoms with Gasteiger partial charge in [-0.3, -0.25) is 4.90 Å². The van der Waals surface area contributed by atoms with Crippen LogP contribution in [0.25, 0.3) is 0 Å². The van der Waals surface area contributed by atoms with Crippen LogP contribution in [0.2, 0.25) is 0 Å². The van der Waals surface area contributed by atoms with Gasteiger partial charge in [0.25, 0.3) is 0 Å². The van der Waals surface area contributed by atoms with Crippen LogP contribution in [0, 0.1) is 5.82 Å². The van der Waals surface area contributed by atoms with E-state index in [4.69, 9.17) is 0 Å². The van der Waals surface area contributed by atoms with Crippen molar-refractivity contribution in [3.05, 3.63) is 82.9 Å². The summed E-state index contributed by atoms with van der Waals surface area (Å²) < 4.78 is 13.8. The Hall–Kier alpha value is -2.79. The summed E-state index contributed by atoms with van der Waals surface area (Å²) in [5.41, 5.74) is 5.28. The molecule has 1 N–H and O–H groups in total. The number of hydrogen-bond acceptors (Lipinski definition) is 4. The Morgan fingerprint density at radius 2 is 1.85 bits per heavy atom. The van der Waals surface area contributed by atoms with Crippen LogP contribution in [0.1, 0.15) is 29.3 Å². The molecular formula is C22H23FN4. The minimum absolute atomic E-state index is 0.306. The van der Waals surface area contributed by atoms with E-state index in [2.05, 4.69) is 51.4 Å². The summed E-state index contributed by atoms with van der Waals surface area (Å²) in [6.45, 7) is 4.90. The van der Waals surface area contributed by atoms with Gasteiger partial charge in [0.1, 0.15) is 5.82 Å². The maximum atomic E-state index is 13.8. The first-order valence-electron chi connectivity index (χ1n) is 9.38. The second kappa shape index (κ2) is 7.84. The third-order valence-electron chi connectivity index (χ3n) is 4.97. The van der Waals surface area contributed by atoms with Crippen LogP contribution in [0.4, 0.5) is 16.0 Å². The zero-order valence-electron chi connectivity index (χ0n) is 15.5. The Morgan fingerprint density at radius 1 is 1.07 bits per heavy atom. The summed E-state index contributed by atoms with van der Waals surface area (Å²) in [6.07, 6.45) is 3.80. The molecule has 3 aromatic rings. The van der Waals surface area contributed by atoms with E-state index in [0.717, 1.165) is 43.7 Å². The van der Waals surface area contributed by atoms with E-state index >= 15 is 0 Å². The lowest BCUT2D eigenvalue weighted by molar-refractivity contribution is 0.243. The predicted molar refractivity (Wildman–Crippen MR) is 105 cm³/mol. The van der Waals surface area contributed by atoms with Gasteiger partial charge in [-0.05, 0) is 29.7 Å². The summed E-state index contributed by atoms with van der Waals surface area (Å²) in [4.78, 5) is 11.4. The summed E-state index contributed by atoms with van der Waals surface area (Å²) in [5.74, 6) is 0.140. The molecule has 0 aliphatic carbocycles. The van der Waals surface area contributed by atoms with Crippen LogP contribution >= 0.6 is 0 Å². The number of benzene rings is 2. The number of rotatable bonds is 5. The number of aromatic nitrogens is 2. The van der Waals surface area contributed by atoms with Gasteiger partial charge in [0.15, 0.2) is 0 Å². The normalized spacial score (nSPS) is 14.0. The number of hydrogen-bond donors (Lipinski definition) is 1. The Balaban J connectivity index is 1.43. The third kappa shape index (κ3) is 4.14. The molecule has 2 aromatic carbocycles. The van der Waals surface area contributed by atoms with Gasteiger partial charge in [-0.2, -0.15) is 0 Å². The highest BCUT2D eigenvalue weighted by Crippen LogP contribution is 2.22. The minimum atomic E-state index is -0.306. The fourth-order valence-corrected chi connectivity index (χ4v) is 3.39. The second-order valence-electron chi connectivity index (χ2n) is 6.90. The number of nitrogens with one attached hydrogen (secondary N) is 1. The van der Waals surface area contributed by atoms with E-state index in [-0.39, 0.29) is 5.82 Å². The fraction of sp³-hybridized carbons (Fsp3) is 0.273. The molecule has 1 aliphatic rings. The Labute approximate surface area is 159 Å². The molecule has 0 saturated heterocycles. The molecule has 0 bridgehead atoms. The van der Waals surface area contributed by atoms with Gasteiger partial charge in [-0.15, -0.1) is 0 Å². The summed E-state index contributed by atoms with van der Waals surface area (Å²) >= 11 is 0. The van der Waals surface area contributed by atoms with E-state index in [1.54, 1.807) is 18.2 Å². The number of para-hydroxylation sites is 1. The van der Waals surface area contributed by atoms with Gasteiger partial charge in [-0.25, -0.2) is 14.4 Å². The van der Waals surface area contributed by atoms with Crippen LogP contribution in [0.3, 0.4) is 0 Å². The molecule has 5 heteroatoms. The predicted octanol–water partition coefficient (Wildman–Crippen LogP) is 4.48. The van der Waals surface area contributed by atoms with Crippen molar-refractivity contribution >= 4 is 11.6 Å². The number of anilines is 2. The van der Waals surface area contributed by atoms with Crippen LogP contribution in [0.5, 0.6) is 0 Å². The molecule has 1 aromatic heterocycles. The monoisotopic (exact) mass is 362 g/mol. The van der Waals surface area contributed by atoms with Crippen molar-refractivity contribution in [3.63, 3.8) is 0 Å². The lowest BCUT2D eigenvalue weighted by Crippen LogP contribution is -2.31. The van der Waals surface area contributed by atoms with Gasteiger partial charge in [-0.1, -0.05) is 43.3 Å². The molecule has 0 amide bonds. The molecular weight excluding hydrogens is 339 g/mol. The molecule has 27 heavy (non-hydrogen) atoms. The van der Waals surface area contributed by atoms with Gasteiger partial charge < -0.3 is 5.32 Å². The van der Waals surface area contributed by atoms with Gasteiger partial charge >= 0.3 is 0 Å². The lowest BCUT2D eigenvalue weighted by atomic mass is 10.1. The zero-order valence-corrected chi connectivity index (χ0v) is 15.5. The number of fused-ring (bicyclic) bond motifs is 1. The number of halogens is 1. The molecule has 4 rings (SSSR count). The van der Waals surface area contributed by atoms with Crippen molar-refractivity contribution in [2.45, 2.75) is 32.9 Å². The van der Waals surface area contributed by atoms with Gasteiger partial charge in [0, 0.05) is 37.8 Å². The maximum absolute atomic E-state index is 13.8. The fourth-order valence-electron chi connectivity index (χ4n) is 3.39. The molecule has 4 nitrogen and oxygen atoms in total. The largest absolute Gasteiger partial charge is 0.322 e. The van der Waals surface area contributed by atoms with Crippen molar-refractivity contribution in [2.24, 2.45) is 0 Å². The molecule has 2 heterocycles. The Bertz CT molecular complexity index is 924. The van der Waals surface area contributed by atoms with Crippen LogP contribution in [0.15, 0.2) is 54.7 Å². The average molecular weight is 362 g/mol. The van der Waals surface area contributed by atoms with Crippen LogP contribution < -0.4 is 5.32 Å². The molecule has 0 fully saturated rings. The first-order valence-corrected chi connectivity index (χ1v) is 9.38. The first kappa shape index (κ1) is 17.6. The second-order valence-corrected chi connectivity index (χ2v) is 6.90. The highest BCUT2D eigenvalue weighted by molar-refractivity contribution is 5.54. The van der Waals surface area contributed by atoms with E-state index in [0.29, 0.717) is 11.6 Å². The molecule has 1 aliphatic heterocycles. The van der Waals surface area contributed by atoms with Crippen molar-refractivity contribution in [3.8, 4) is 0 Å². The van der Waals surface area contributed by atoms with Crippen molar-refractivity contribution in [1.82, 2.24) is 14.9 Å². The Morgan fingerprint density at radius 3 is 2.63 bits per heavy atom. The SMILES string of the molecule is CCc1ccc(CN2CCc3nc(Nc4ccccc4F)ncc3C2)cc1. The van der Waals surface area contributed by atoms with E-state index in [1.165, 1.54) is 17.2 Å². The van der Waals surface area contributed by atoms with Crippen molar-refractivity contribution in [2.75, 3.05) is 11.9 Å². The standard InChI is InChI=1S/C22H23FN4/c1-2-16-7-9-17(10-8-16)14-27-12-11-20-18(15-27)13-24-22(25-20)26-21-6-4-3-5-19(21)23/h3-10,13H,2,11-12,14-15H2,1H3,(H,24,25,26). The Kier molecular flexibility index (Phi) is 5.12. The third-order valence-corrected chi connectivity index (χ3v) is 4.97. The van der Waals surface area contributed by atoms with Gasteiger partial charge in [0.2, 0.25) is 5.95 Å². The smallest absolute Gasteiger partial charge is 0.227 e. The maximum Gasteiger partial charge on any atom is 0.227 e. The average Bonchev–Trinajstić information content (AvgIpc) is 2.70. The molecule has 0 atom stereocenters.